The van der Waals surface area contributed by atoms with E-state index in [9.17, 15) is 0 Å². The maximum Gasteiger partial charge on any atom is 0.163 e. The Morgan fingerprint density at radius 3 is 1.95 bits per heavy atom. The maximum atomic E-state index is 6.61. The van der Waals surface area contributed by atoms with Crippen molar-refractivity contribution in [3.8, 4) is 12.5 Å². The fourth-order valence-electron chi connectivity index (χ4n) is 4.60. The number of benzene rings is 3. The van der Waals surface area contributed by atoms with Crippen LogP contribution in [0.4, 0.5) is 5.82 Å². The SMILES string of the molecule is C#CO[C@H](COCc1ccccc1)[C@@H](OCc1ccccc1)[C@@H](OCc1ccccc1)c1ccc2c(N)ncnn12. The summed E-state index contributed by atoms with van der Waals surface area (Å²) in [6.45, 7) is 1.19. The van der Waals surface area contributed by atoms with Gasteiger partial charge in [0.2, 0.25) is 0 Å². The van der Waals surface area contributed by atoms with Crippen molar-refractivity contribution in [3.05, 3.63) is 132 Å². The van der Waals surface area contributed by atoms with E-state index in [0.717, 1.165) is 22.4 Å². The van der Waals surface area contributed by atoms with Crippen molar-refractivity contribution < 1.29 is 18.9 Å². The Balaban J connectivity index is 1.49. The van der Waals surface area contributed by atoms with E-state index >= 15 is 0 Å². The highest BCUT2D eigenvalue weighted by atomic mass is 16.6. The molecule has 2 aromatic heterocycles. The zero-order chi connectivity index (χ0) is 28.3. The molecule has 8 nitrogen and oxygen atoms in total. The molecular weight excluding hydrogens is 516 g/mol. The molecule has 208 valence electrons. The molecule has 3 atom stereocenters. The van der Waals surface area contributed by atoms with E-state index in [1.165, 1.54) is 6.33 Å². The van der Waals surface area contributed by atoms with Gasteiger partial charge in [-0.2, -0.15) is 5.10 Å². The Hall–Kier alpha value is -4.68. The Morgan fingerprint density at radius 1 is 0.756 bits per heavy atom. The summed E-state index contributed by atoms with van der Waals surface area (Å²) in [4.78, 5) is 4.13. The van der Waals surface area contributed by atoms with Crippen LogP contribution in [0.3, 0.4) is 0 Å². The second kappa shape index (κ2) is 14.1. The van der Waals surface area contributed by atoms with Gasteiger partial charge in [-0.1, -0.05) is 97.4 Å². The van der Waals surface area contributed by atoms with Gasteiger partial charge in [0.1, 0.15) is 30.2 Å². The molecule has 5 rings (SSSR count). The quantitative estimate of drug-likeness (QED) is 0.187. The van der Waals surface area contributed by atoms with E-state index < -0.39 is 18.3 Å². The largest absolute Gasteiger partial charge is 0.438 e. The standard InChI is InChI=1S/C33H32N4O4/c1-2-39-30(23-38-20-25-12-6-3-7-13-25)32(41-22-27-16-10-5-11-17-27)31(40-21-26-14-8-4-9-15-26)28-18-19-29-33(34)35-24-36-37(28)29/h1,3-19,24,30-32H,20-23H2,(H2,34,35,36)/t30-,31+,32-/m1/s1. The van der Waals surface area contributed by atoms with Crippen LogP contribution in [0.5, 0.6) is 0 Å². The molecule has 3 aromatic carbocycles. The molecule has 0 aliphatic carbocycles. The first-order chi connectivity index (χ1) is 20.2. The van der Waals surface area contributed by atoms with E-state index in [4.69, 9.17) is 31.1 Å². The predicted octanol–water partition coefficient (Wildman–Crippen LogP) is 5.35. The van der Waals surface area contributed by atoms with Crippen molar-refractivity contribution in [2.45, 2.75) is 38.1 Å². The summed E-state index contributed by atoms with van der Waals surface area (Å²) in [5.41, 5.74) is 10.6. The average molecular weight is 549 g/mol. The van der Waals surface area contributed by atoms with Crippen molar-refractivity contribution >= 4 is 11.3 Å². The van der Waals surface area contributed by atoms with E-state index in [0.29, 0.717) is 31.2 Å². The molecular formula is C33H32N4O4. The third-order valence-corrected chi connectivity index (χ3v) is 6.64. The molecule has 0 radical (unpaired) electrons. The number of terminal acetylenes is 1. The number of nitrogens with zero attached hydrogens (tertiary/aromatic N) is 3. The van der Waals surface area contributed by atoms with Crippen molar-refractivity contribution in [1.82, 2.24) is 14.6 Å². The third kappa shape index (κ3) is 7.29. The lowest BCUT2D eigenvalue weighted by molar-refractivity contribution is -0.150. The number of nitrogen functional groups attached to an aromatic ring is 1. The maximum absolute atomic E-state index is 6.61. The van der Waals surface area contributed by atoms with E-state index in [-0.39, 0.29) is 6.61 Å². The highest BCUT2D eigenvalue weighted by Crippen LogP contribution is 2.31. The van der Waals surface area contributed by atoms with Crippen molar-refractivity contribution in [2.75, 3.05) is 12.3 Å². The van der Waals surface area contributed by atoms with Gasteiger partial charge >= 0.3 is 0 Å². The molecule has 0 aliphatic heterocycles. The number of hydrogen-bond acceptors (Lipinski definition) is 7. The molecule has 8 heteroatoms. The smallest absolute Gasteiger partial charge is 0.163 e. The Kier molecular flexibility index (Phi) is 9.58. The van der Waals surface area contributed by atoms with Gasteiger partial charge in [-0.05, 0) is 28.8 Å². The summed E-state index contributed by atoms with van der Waals surface area (Å²) in [5, 5.41) is 4.46. The minimum Gasteiger partial charge on any atom is -0.438 e. The molecule has 0 aliphatic rings. The highest BCUT2D eigenvalue weighted by Gasteiger charge is 2.36. The Bertz CT molecular complexity index is 1540. The van der Waals surface area contributed by atoms with Crippen LogP contribution in [0, 0.1) is 12.5 Å². The summed E-state index contributed by atoms with van der Waals surface area (Å²) in [6, 6.07) is 33.5. The van der Waals surface area contributed by atoms with Crippen LogP contribution in [0.1, 0.15) is 28.5 Å². The fourth-order valence-corrected chi connectivity index (χ4v) is 4.60. The molecule has 0 fully saturated rings. The fraction of sp³-hybridized carbons (Fsp3) is 0.212. The van der Waals surface area contributed by atoms with Gasteiger partial charge in [-0.15, -0.1) is 0 Å². The first-order valence-electron chi connectivity index (χ1n) is 13.3. The molecule has 0 bridgehead atoms. The van der Waals surface area contributed by atoms with Crippen LogP contribution >= 0.6 is 0 Å². The first kappa shape index (κ1) is 27.9. The number of anilines is 1. The summed E-state index contributed by atoms with van der Waals surface area (Å²) in [7, 11) is 0. The zero-order valence-electron chi connectivity index (χ0n) is 22.6. The van der Waals surface area contributed by atoms with Gasteiger partial charge in [0.15, 0.2) is 11.9 Å². The van der Waals surface area contributed by atoms with Crippen LogP contribution in [-0.4, -0.2) is 33.4 Å². The van der Waals surface area contributed by atoms with Crippen LogP contribution in [0.25, 0.3) is 5.52 Å². The lowest BCUT2D eigenvalue weighted by Gasteiger charge is -2.32. The number of rotatable bonds is 14. The number of aromatic nitrogens is 3. The third-order valence-electron chi connectivity index (χ3n) is 6.64. The van der Waals surface area contributed by atoms with Crippen LogP contribution in [-0.2, 0) is 38.8 Å². The highest BCUT2D eigenvalue weighted by molar-refractivity contribution is 5.65. The van der Waals surface area contributed by atoms with Crippen LogP contribution in [0.15, 0.2) is 109 Å². The minimum absolute atomic E-state index is 0.171. The van der Waals surface area contributed by atoms with E-state index in [1.807, 2.05) is 103 Å². The van der Waals surface area contributed by atoms with Crippen LogP contribution in [0.2, 0.25) is 0 Å². The summed E-state index contributed by atoms with van der Waals surface area (Å²) >= 11 is 0. The van der Waals surface area contributed by atoms with Gasteiger partial charge in [-0.3, -0.25) is 0 Å². The Morgan fingerprint density at radius 2 is 1.34 bits per heavy atom. The molecule has 0 unspecified atom stereocenters. The van der Waals surface area contributed by atoms with Crippen LogP contribution < -0.4 is 5.73 Å². The van der Waals surface area contributed by atoms with Gasteiger partial charge in [0.05, 0.1) is 32.1 Å². The summed E-state index contributed by atoms with van der Waals surface area (Å²) in [6.07, 6.45) is 7.44. The number of nitrogens with two attached hydrogens (primary N) is 1. The molecule has 0 amide bonds. The number of fused-ring (bicyclic) bond motifs is 1. The topological polar surface area (TPSA) is 93.1 Å². The van der Waals surface area contributed by atoms with Crippen molar-refractivity contribution in [1.29, 1.82) is 0 Å². The monoisotopic (exact) mass is 548 g/mol. The van der Waals surface area contributed by atoms with Gasteiger partial charge in [0, 0.05) is 0 Å². The minimum atomic E-state index is -0.681. The van der Waals surface area contributed by atoms with Gasteiger partial charge in [0.25, 0.3) is 0 Å². The normalized spacial score (nSPS) is 13.3. The Labute approximate surface area is 239 Å². The molecule has 0 spiro atoms. The van der Waals surface area contributed by atoms with Crippen molar-refractivity contribution in [3.63, 3.8) is 0 Å². The second-order valence-electron chi connectivity index (χ2n) is 9.45. The summed E-state index contributed by atoms with van der Waals surface area (Å²) in [5.74, 6) is 0.359. The first-order valence-corrected chi connectivity index (χ1v) is 13.3. The molecule has 2 N–H and O–H groups in total. The molecule has 5 aromatic rings. The van der Waals surface area contributed by atoms with Crippen molar-refractivity contribution in [2.24, 2.45) is 0 Å². The predicted molar refractivity (Wildman–Crippen MR) is 156 cm³/mol. The lowest BCUT2D eigenvalue weighted by Crippen LogP contribution is -2.41. The molecule has 41 heavy (non-hydrogen) atoms. The second-order valence-corrected chi connectivity index (χ2v) is 9.45. The molecule has 0 saturated heterocycles. The number of ether oxygens (including phenoxy) is 4. The van der Waals surface area contributed by atoms with E-state index in [2.05, 4.69) is 16.2 Å². The zero-order valence-corrected chi connectivity index (χ0v) is 22.6. The number of hydrogen-bond donors (Lipinski definition) is 1. The molecule has 2 heterocycles. The summed E-state index contributed by atoms with van der Waals surface area (Å²) < 4.78 is 26.8. The van der Waals surface area contributed by atoms with Gasteiger partial charge in [-0.25, -0.2) is 9.50 Å². The molecule has 0 saturated carbocycles. The average Bonchev–Trinajstić information content (AvgIpc) is 3.45. The van der Waals surface area contributed by atoms with Gasteiger partial charge < -0.3 is 24.7 Å². The lowest BCUT2D eigenvalue weighted by atomic mass is 10.0. The van der Waals surface area contributed by atoms with E-state index in [1.54, 1.807) is 4.52 Å².